The van der Waals surface area contributed by atoms with E-state index in [0.29, 0.717) is 30.7 Å². The van der Waals surface area contributed by atoms with Crippen molar-refractivity contribution in [2.24, 2.45) is 4.99 Å². The number of aliphatic imine (C=N–C) groups is 1. The van der Waals surface area contributed by atoms with Gasteiger partial charge in [0.25, 0.3) is 0 Å². The number of guanidine groups is 1. The van der Waals surface area contributed by atoms with Crippen LogP contribution in [0.3, 0.4) is 0 Å². The van der Waals surface area contributed by atoms with E-state index < -0.39 is 0 Å². The van der Waals surface area contributed by atoms with E-state index in [1.165, 1.54) is 0 Å². The summed E-state index contributed by atoms with van der Waals surface area (Å²) < 4.78 is 7.54. The Hall–Kier alpha value is -2.33. The van der Waals surface area contributed by atoms with Crippen molar-refractivity contribution in [3.05, 3.63) is 77.8 Å². The van der Waals surface area contributed by atoms with Gasteiger partial charge in [-0.25, -0.2) is 0 Å². The molecule has 2 heterocycles. The van der Waals surface area contributed by atoms with Crippen LogP contribution in [0.15, 0.2) is 72.2 Å². The highest BCUT2D eigenvalue weighted by molar-refractivity contribution is 14.0. The molecule has 1 aromatic carbocycles. The minimum atomic E-state index is 0. The summed E-state index contributed by atoms with van der Waals surface area (Å²) in [5.74, 6) is 1.44. The van der Waals surface area contributed by atoms with Crippen LogP contribution in [-0.2, 0) is 0 Å². The second-order valence-electron chi connectivity index (χ2n) is 5.97. The zero-order chi connectivity index (χ0) is 19.6. The Morgan fingerprint density at radius 3 is 2.66 bits per heavy atom. The number of hydrogen-bond donors (Lipinski definition) is 2. The minimum Gasteiger partial charge on any atom is -0.490 e. The average Bonchev–Trinajstić information content (AvgIpc) is 3.26. The zero-order valence-electron chi connectivity index (χ0n) is 16.0. The molecule has 0 aliphatic carbocycles. The van der Waals surface area contributed by atoms with E-state index in [1.54, 1.807) is 25.6 Å². The van der Waals surface area contributed by atoms with Crippen LogP contribution in [-0.4, -0.2) is 47.5 Å². The van der Waals surface area contributed by atoms with Gasteiger partial charge in [-0.05, 0) is 35.9 Å². The maximum Gasteiger partial charge on any atom is 0.191 e. The van der Waals surface area contributed by atoms with Crippen molar-refractivity contribution in [2.75, 3.05) is 26.7 Å². The Balaban J connectivity index is 0.00000300. The Bertz CT molecular complexity index is 858. The Morgan fingerprint density at radius 1 is 1.17 bits per heavy atom. The van der Waals surface area contributed by atoms with Gasteiger partial charge in [-0.1, -0.05) is 23.7 Å². The van der Waals surface area contributed by atoms with Gasteiger partial charge in [0.2, 0.25) is 0 Å². The third kappa shape index (κ3) is 7.21. The largest absolute Gasteiger partial charge is 0.490 e. The predicted molar refractivity (Wildman–Crippen MR) is 126 cm³/mol. The van der Waals surface area contributed by atoms with Crippen LogP contribution in [0.2, 0.25) is 5.02 Å². The lowest BCUT2D eigenvalue weighted by Crippen LogP contribution is -2.42. The number of ether oxygens (including phenoxy) is 1. The van der Waals surface area contributed by atoms with Crippen molar-refractivity contribution in [1.82, 2.24) is 25.4 Å². The summed E-state index contributed by atoms with van der Waals surface area (Å²) >= 11 is 6.02. The monoisotopic (exact) mass is 526 g/mol. The summed E-state index contributed by atoms with van der Waals surface area (Å²) in [5.41, 5.74) is 1.11. The van der Waals surface area contributed by atoms with Crippen molar-refractivity contribution in [2.45, 2.75) is 6.04 Å². The standard InChI is InChI=1S/C20H23ClN6O.HI/c1-22-20(24-11-13-28-18-4-2-9-23-14-18)25-15-19(27-12-3-10-26-27)16-5-7-17(21)8-6-16;/h2-10,12,14,19H,11,13,15H2,1H3,(H2,22,24,25);1H. The van der Waals surface area contributed by atoms with Gasteiger partial charge >= 0.3 is 0 Å². The van der Waals surface area contributed by atoms with Crippen molar-refractivity contribution in [1.29, 1.82) is 0 Å². The third-order valence-corrected chi connectivity index (χ3v) is 4.34. The molecule has 0 radical (unpaired) electrons. The van der Waals surface area contributed by atoms with Crippen LogP contribution in [0.1, 0.15) is 11.6 Å². The first-order valence-electron chi connectivity index (χ1n) is 8.98. The molecule has 0 saturated carbocycles. The first-order valence-corrected chi connectivity index (χ1v) is 9.36. The van der Waals surface area contributed by atoms with Gasteiger partial charge in [0, 0.05) is 37.2 Å². The van der Waals surface area contributed by atoms with E-state index in [2.05, 4.69) is 25.7 Å². The highest BCUT2D eigenvalue weighted by Gasteiger charge is 2.14. The van der Waals surface area contributed by atoms with Crippen molar-refractivity contribution in [3.8, 4) is 5.75 Å². The average molecular weight is 527 g/mol. The number of hydrogen-bond acceptors (Lipinski definition) is 4. The van der Waals surface area contributed by atoms with Gasteiger partial charge in [-0.15, -0.1) is 24.0 Å². The summed E-state index contributed by atoms with van der Waals surface area (Å²) in [7, 11) is 1.74. The summed E-state index contributed by atoms with van der Waals surface area (Å²) in [6, 6.07) is 13.4. The number of benzene rings is 1. The molecule has 7 nitrogen and oxygen atoms in total. The number of nitrogens with zero attached hydrogens (tertiary/aromatic N) is 4. The number of halogens is 2. The number of nitrogens with one attached hydrogen (secondary N) is 2. The molecule has 9 heteroatoms. The molecule has 0 amide bonds. The first-order chi connectivity index (χ1) is 13.8. The number of pyridine rings is 1. The molecule has 0 bridgehead atoms. The van der Waals surface area contributed by atoms with Crippen molar-refractivity contribution < 1.29 is 4.74 Å². The van der Waals surface area contributed by atoms with Crippen molar-refractivity contribution >= 4 is 41.5 Å². The molecule has 0 spiro atoms. The molecule has 0 fully saturated rings. The first kappa shape index (κ1) is 23.0. The van der Waals surface area contributed by atoms with E-state index in [-0.39, 0.29) is 30.0 Å². The van der Waals surface area contributed by atoms with Crippen LogP contribution < -0.4 is 15.4 Å². The van der Waals surface area contributed by atoms with Crippen LogP contribution in [0, 0.1) is 0 Å². The van der Waals surface area contributed by atoms with E-state index in [4.69, 9.17) is 16.3 Å². The van der Waals surface area contributed by atoms with E-state index >= 15 is 0 Å². The van der Waals surface area contributed by atoms with Gasteiger partial charge in [-0.2, -0.15) is 5.10 Å². The topological polar surface area (TPSA) is 76.4 Å². The van der Waals surface area contributed by atoms with Gasteiger partial charge in [0.05, 0.1) is 18.8 Å². The van der Waals surface area contributed by atoms with Gasteiger partial charge in [0.15, 0.2) is 5.96 Å². The zero-order valence-corrected chi connectivity index (χ0v) is 19.1. The predicted octanol–water partition coefficient (Wildman–Crippen LogP) is 3.38. The quantitative estimate of drug-likeness (QED) is 0.204. The smallest absolute Gasteiger partial charge is 0.191 e. The number of aromatic nitrogens is 3. The molecule has 0 aliphatic heterocycles. The Morgan fingerprint density at radius 2 is 2.00 bits per heavy atom. The van der Waals surface area contributed by atoms with Gasteiger partial charge < -0.3 is 15.4 Å². The molecular weight excluding hydrogens is 503 g/mol. The Labute approximate surface area is 192 Å². The molecule has 0 saturated heterocycles. The summed E-state index contributed by atoms with van der Waals surface area (Å²) in [4.78, 5) is 8.29. The third-order valence-electron chi connectivity index (χ3n) is 4.08. The SMILES string of the molecule is CN=C(NCCOc1cccnc1)NCC(c1ccc(Cl)cc1)n1cccn1.I. The molecule has 2 aromatic heterocycles. The summed E-state index contributed by atoms with van der Waals surface area (Å²) in [5, 5.41) is 11.7. The molecule has 0 aliphatic rings. The molecule has 154 valence electrons. The maximum absolute atomic E-state index is 6.02. The summed E-state index contributed by atoms with van der Waals surface area (Å²) in [6.45, 7) is 1.74. The van der Waals surface area contributed by atoms with Crippen molar-refractivity contribution in [3.63, 3.8) is 0 Å². The van der Waals surface area contributed by atoms with Crippen LogP contribution in [0.25, 0.3) is 0 Å². The Kier molecular flexibility index (Phi) is 9.72. The fraction of sp³-hybridized carbons (Fsp3) is 0.250. The van der Waals surface area contributed by atoms with Gasteiger partial charge in [-0.3, -0.25) is 14.7 Å². The van der Waals surface area contributed by atoms with Gasteiger partial charge in [0.1, 0.15) is 12.4 Å². The number of rotatable bonds is 8. The molecule has 3 rings (SSSR count). The second-order valence-corrected chi connectivity index (χ2v) is 6.41. The lowest BCUT2D eigenvalue weighted by molar-refractivity contribution is 0.320. The molecule has 1 atom stereocenters. The highest BCUT2D eigenvalue weighted by Crippen LogP contribution is 2.19. The van der Waals surface area contributed by atoms with E-state index in [1.807, 2.05) is 53.3 Å². The second kappa shape index (κ2) is 12.3. The summed E-state index contributed by atoms with van der Waals surface area (Å²) in [6.07, 6.45) is 7.12. The lowest BCUT2D eigenvalue weighted by atomic mass is 10.1. The highest BCUT2D eigenvalue weighted by atomic mass is 127. The van der Waals surface area contributed by atoms with Crippen LogP contribution >= 0.6 is 35.6 Å². The molecule has 3 aromatic rings. The molecule has 2 N–H and O–H groups in total. The molecule has 1 unspecified atom stereocenters. The maximum atomic E-state index is 6.02. The van der Waals surface area contributed by atoms with Crippen LogP contribution in [0.5, 0.6) is 5.75 Å². The lowest BCUT2D eigenvalue weighted by Gasteiger charge is -2.20. The van der Waals surface area contributed by atoms with E-state index in [9.17, 15) is 0 Å². The molecular formula is C20H24ClIN6O. The van der Waals surface area contributed by atoms with Crippen LogP contribution in [0.4, 0.5) is 0 Å². The normalized spacial score (nSPS) is 12.0. The van der Waals surface area contributed by atoms with E-state index in [0.717, 1.165) is 11.3 Å². The fourth-order valence-corrected chi connectivity index (χ4v) is 2.82. The fourth-order valence-electron chi connectivity index (χ4n) is 2.70. The minimum absolute atomic E-state index is 0. The molecule has 29 heavy (non-hydrogen) atoms.